The van der Waals surface area contributed by atoms with E-state index in [0.717, 1.165) is 16.9 Å². The lowest BCUT2D eigenvalue weighted by Crippen LogP contribution is -2.18. The maximum Gasteiger partial charge on any atom is 0.381 e. The summed E-state index contributed by atoms with van der Waals surface area (Å²) < 4.78 is 32.2. The van der Waals surface area contributed by atoms with Gasteiger partial charge in [-0.15, -0.1) is 11.3 Å². The Morgan fingerprint density at radius 1 is 1.03 bits per heavy atom. The summed E-state index contributed by atoms with van der Waals surface area (Å²) in [5.41, 5.74) is 1.48. The highest BCUT2D eigenvalue weighted by Gasteiger charge is 2.21. The number of Topliss-reactive ketones (excluding diaryl/α,β-unsaturated/α-hetero) is 1. The van der Waals surface area contributed by atoms with Crippen molar-refractivity contribution in [1.29, 1.82) is 0 Å². The number of aryl methyl sites for hydroxylation is 1. The van der Waals surface area contributed by atoms with Crippen molar-refractivity contribution < 1.29 is 27.5 Å². The summed E-state index contributed by atoms with van der Waals surface area (Å²) in [4.78, 5) is 39.7. The van der Waals surface area contributed by atoms with E-state index in [1.165, 1.54) is 29.6 Å². The monoisotopic (exact) mass is 473 g/mol. The Bertz CT molecular complexity index is 1250. The molecule has 0 aliphatic rings. The number of carbonyl (C=O) groups excluding carboxylic acids is 3. The van der Waals surface area contributed by atoms with Gasteiger partial charge in [0.15, 0.2) is 5.13 Å². The van der Waals surface area contributed by atoms with Crippen LogP contribution in [0.5, 0.6) is 0 Å². The molecule has 11 heteroatoms. The molecule has 2 aromatic carbocycles. The van der Waals surface area contributed by atoms with E-state index in [1.54, 1.807) is 31.2 Å². The number of nitrogens with one attached hydrogen (secondary N) is 2. The van der Waals surface area contributed by atoms with Gasteiger partial charge in [-0.1, -0.05) is 17.7 Å². The van der Waals surface area contributed by atoms with Crippen molar-refractivity contribution in [2.24, 2.45) is 0 Å². The topological polar surface area (TPSA) is 132 Å². The summed E-state index contributed by atoms with van der Waals surface area (Å²) in [5.74, 6) is -2.48. The SMILES string of the molecule is CCOC(=O)C(=O)c1csc(NC(=O)c2ccc(S(=O)(=O)Nc3ccc(C)cc3)cc2)n1. The molecule has 1 amide bonds. The predicted molar refractivity (Wildman–Crippen MR) is 119 cm³/mol. The van der Waals surface area contributed by atoms with E-state index >= 15 is 0 Å². The fourth-order valence-corrected chi connectivity index (χ4v) is 4.27. The van der Waals surface area contributed by atoms with E-state index in [0.29, 0.717) is 5.69 Å². The number of thiazole rings is 1. The van der Waals surface area contributed by atoms with Crippen LogP contribution in [0, 0.1) is 6.92 Å². The first-order chi connectivity index (χ1) is 15.2. The predicted octanol–water partition coefficient (Wildman–Crippen LogP) is 3.25. The van der Waals surface area contributed by atoms with E-state index in [9.17, 15) is 22.8 Å². The van der Waals surface area contributed by atoms with Crippen LogP contribution in [-0.4, -0.2) is 37.7 Å². The average molecular weight is 474 g/mol. The average Bonchev–Trinajstić information content (AvgIpc) is 3.23. The Morgan fingerprint density at radius 2 is 1.69 bits per heavy atom. The van der Waals surface area contributed by atoms with E-state index in [1.807, 2.05) is 6.92 Å². The molecule has 0 aliphatic carbocycles. The Hall–Kier alpha value is -3.57. The molecule has 0 atom stereocenters. The van der Waals surface area contributed by atoms with Gasteiger partial charge >= 0.3 is 5.97 Å². The first kappa shape index (κ1) is 23.1. The highest BCUT2D eigenvalue weighted by atomic mass is 32.2. The number of sulfonamides is 1. The van der Waals surface area contributed by atoms with Gasteiger partial charge < -0.3 is 4.74 Å². The molecule has 2 N–H and O–H groups in total. The Kier molecular flexibility index (Phi) is 7.01. The summed E-state index contributed by atoms with van der Waals surface area (Å²) >= 11 is 0.968. The number of anilines is 2. The second-order valence-corrected chi connectivity index (χ2v) is 9.08. The van der Waals surface area contributed by atoms with Crippen molar-refractivity contribution >= 4 is 49.8 Å². The van der Waals surface area contributed by atoms with Crippen molar-refractivity contribution in [2.45, 2.75) is 18.7 Å². The van der Waals surface area contributed by atoms with Gasteiger partial charge in [-0.3, -0.25) is 19.6 Å². The number of carbonyl (C=O) groups is 3. The molecule has 0 spiro atoms. The summed E-state index contributed by atoms with van der Waals surface area (Å²) in [6.07, 6.45) is 0. The number of hydrogen-bond donors (Lipinski definition) is 2. The number of hydrogen-bond acceptors (Lipinski definition) is 8. The molecule has 0 radical (unpaired) electrons. The van der Waals surface area contributed by atoms with Crippen LogP contribution in [0.4, 0.5) is 10.8 Å². The number of ketones is 1. The van der Waals surface area contributed by atoms with Gasteiger partial charge in [-0.25, -0.2) is 18.2 Å². The zero-order valence-electron chi connectivity index (χ0n) is 17.1. The van der Waals surface area contributed by atoms with E-state index in [-0.39, 0.29) is 27.9 Å². The minimum absolute atomic E-state index is 0.00815. The molecule has 3 aromatic rings. The van der Waals surface area contributed by atoms with Crippen LogP contribution in [0.2, 0.25) is 0 Å². The lowest BCUT2D eigenvalue weighted by molar-refractivity contribution is -0.137. The molecule has 166 valence electrons. The van der Waals surface area contributed by atoms with E-state index in [2.05, 4.69) is 19.8 Å². The normalized spacial score (nSPS) is 10.9. The van der Waals surface area contributed by atoms with Crippen LogP contribution in [0.3, 0.4) is 0 Å². The molecule has 0 saturated heterocycles. The van der Waals surface area contributed by atoms with E-state index in [4.69, 9.17) is 0 Å². The summed E-state index contributed by atoms with van der Waals surface area (Å²) in [7, 11) is -3.82. The van der Waals surface area contributed by atoms with Crippen LogP contribution in [0.1, 0.15) is 33.3 Å². The highest BCUT2D eigenvalue weighted by Crippen LogP contribution is 2.20. The van der Waals surface area contributed by atoms with Gasteiger partial charge in [0.05, 0.1) is 11.5 Å². The van der Waals surface area contributed by atoms with Crippen LogP contribution in [0.25, 0.3) is 0 Å². The van der Waals surface area contributed by atoms with Crippen LogP contribution < -0.4 is 10.0 Å². The lowest BCUT2D eigenvalue weighted by Gasteiger charge is -2.09. The number of aromatic nitrogens is 1. The Balaban J connectivity index is 1.67. The molecule has 1 aromatic heterocycles. The second kappa shape index (κ2) is 9.71. The van der Waals surface area contributed by atoms with E-state index < -0.39 is 27.7 Å². The third kappa shape index (κ3) is 5.56. The van der Waals surface area contributed by atoms with Crippen LogP contribution in [0.15, 0.2) is 58.8 Å². The number of esters is 1. The Morgan fingerprint density at radius 3 is 2.31 bits per heavy atom. The highest BCUT2D eigenvalue weighted by molar-refractivity contribution is 7.92. The van der Waals surface area contributed by atoms with Gasteiger partial charge in [-0.2, -0.15) is 0 Å². The molecule has 9 nitrogen and oxygen atoms in total. The number of nitrogens with zero attached hydrogens (tertiary/aromatic N) is 1. The van der Waals surface area contributed by atoms with Gasteiger partial charge in [0.2, 0.25) is 0 Å². The van der Waals surface area contributed by atoms with Crippen molar-refractivity contribution in [3.05, 3.63) is 70.7 Å². The van der Waals surface area contributed by atoms with Crippen molar-refractivity contribution in [3.8, 4) is 0 Å². The van der Waals surface area contributed by atoms with Gasteiger partial charge in [-0.05, 0) is 50.2 Å². The minimum Gasteiger partial charge on any atom is -0.460 e. The summed E-state index contributed by atoms with van der Waals surface area (Å²) in [6, 6.07) is 12.2. The molecule has 32 heavy (non-hydrogen) atoms. The zero-order chi connectivity index (χ0) is 23.3. The maximum atomic E-state index is 12.5. The summed E-state index contributed by atoms with van der Waals surface area (Å²) in [6.45, 7) is 3.53. The Labute approximate surface area is 188 Å². The first-order valence-corrected chi connectivity index (χ1v) is 11.7. The third-order valence-electron chi connectivity index (χ3n) is 4.15. The number of rotatable bonds is 8. The molecular formula is C21H19N3O6S2. The number of amides is 1. The third-order valence-corrected chi connectivity index (χ3v) is 6.30. The van der Waals surface area contributed by atoms with Gasteiger partial charge in [0.1, 0.15) is 5.69 Å². The molecule has 3 rings (SSSR count). The first-order valence-electron chi connectivity index (χ1n) is 9.37. The largest absolute Gasteiger partial charge is 0.460 e. The molecule has 1 heterocycles. The molecule has 0 fully saturated rings. The lowest BCUT2D eigenvalue weighted by atomic mass is 10.2. The minimum atomic E-state index is -3.82. The fraction of sp³-hybridized carbons (Fsp3) is 0.143. The quantitative estimate of drug-likeness (QED) is 0.292. The number of benzene rings is 2. The number of ether oxygens (including phenoxy) is 1. The van der Waals surface area contributed by atoms with Crippen molar-refractivity contribution in [3.63, 3.8) is 0 Å². The van der Waals surface area contributed by atoms with Gasteiger partial charge in [0, 0.05) is 16.6 Å². The molecule has 0 saturated carbocycles. The molecule has 0 aliphatic heterocycles. The van der Waals surface area contributed by atoms with Gasteiger partial charge in [0.25, 0.3) is 21.7 Å². The fourth-order valence-electron chi connectivity index (χ4n) is 2.53. The maximum absolute atomic E-state index is 12.5. The molecule has 0 unspecified atom stereocenters. The summed E-state index contributed by atoms with van der Waals surface area (Å²) in [5, 5.41) is 3.95. The van der Waals surface area contributed by atoms with Crippen molar-refractivity contribution in [1.82, 2.24) is 4.98 Å². The smallest absolute Gasteiger partial charge is 0.381 e. The standard InChI is InChI=1S/C21H19N3O6S2/c1-3-30-20(27)18(25)17-12-31-21(22-17)23-19(26)14-6-10-16(11-7-14)32(28,29)24-15-8-4-13(2)5-9-15/h4-12,24H,3H2,1-2H3,(H,22,23,26). The zero-order valence-corrected chi connectivity index (χ0v) is 18.7. The van der Waals surface area contributed by atoms with Crippen LogP contribution >= 0.6 is 11.3 Å². The van der Waals surface area contributed by atoms with Crippen molar-refractivity contribution in [2.75, 3.05) is 16.6 Å². The second-order valence-electron chi connectivity index (χ2n) is 6.54. The van der Waals surface area contributed by atoms with Crippen LogP contribution in [-0.2, 0) is 19.6 Å². The molecule has 0 bridgehead atoms. The molecular weight excluding hydrogens is 454 g/mol.